The Bertz CT molecular complexity index is 1290. The van der Waals surface area contributed by atoms with E-state index in [4.69, 9.17) is 4.74 Å². The van der Waals surface area contributed by atoms with Crippen LogP contribution in [0.4, 0.5) is 4.39 Å². The first-order valence-corrected chi connectivity index (χ1v) is 11.9. The van der Waals surface area contributed by atoms with Crippen molar-refractivity contribution < 1.29 is 13.9 Å². The molecule has 170 valence electrons. The summed E-state index contributed by atoms with van der Waals surface area (Å²) in [6.07, 6.45) is 6.49. The molecule has 33 heavy (non-hydrogen) atoms. The van der Waals surface area contributed by atoms with Gasteiger partial charge in [-0.3, -0.25) is 4.79 Å². The Morgan fingerprint density at radius 2 is 2.15 bits per heavy atom. The number of para-hydroxylation sites is 1. The number of carbonyl (C=O) groups excluding carboxylic acids is 1. The van der Waals surface area contributed by atoms with Crippen molar-refractivity contribution in [2.75, 3.05) is 20.2 Å². The molecular formula is C25H25FN4O2S. The lowest BCUT2D eigenvalue weighted by Gasteiger charge is -2.22. The normalized spacial score (nSPS) is 13.4. The van der Waals surface area contributed by atoms with Crippen molar-refractivity contribution in [3.05, 3.63) is 64.8 Å². The number of aromatic nitrogens is 3. The van der Waals surface area contributed by atoms with Gasteiger partial charge in [-0.1, -0.05) is 12.1 Å². The third-order valence-corrected chi connectivity index (χ3v) is 7.03. The number of fused-ring (bicyclic) bond motifs is 1. The lowest BCUT2D eigenvalue weighted by Crippen LogP contribution is -2.35. The highest BCUT2D eigenvalue weighted by Crippen LogP contribution is 2.34. The largest absolute Gasteiger partial charge is 0.481 e. The monoisotopic (exact) mass is 464 g/mol. The number of H-pyrrole nitrogens is 1. The zero-order valence-corrected chi connectivity index (χ0v) is 19.4. The number of aromatic amines is 1. The SMILES string of the molecule is COc1ccc(-c2sc(C)nc2C(=O)N(CCc2c[nH]c3c(F)cccc23)CC2CC2)cn1. The number of nitrogens with one attached hydrogen (secondary N) is 1. The van der Waals surface area contributed by atoms with E-state index in [2.05, 4.69) is 15.0 Å². The molecule has 0 atom stereocenters. The quantitative estimate of drug-likeness (QED) is 0.387. The van der Waals surface area contributed by atoms with Crippen LogP contribution in [-0.2, 0) is 6.42 Å². The molecule has 5 rings (SSSR count). The molecule has 4 aromatic rings. The Labute approximate surface area is 195 Å². The second-order valence-corrected chi connectivity index (χ2v) is 9.62. The summed E-state index contributed by atoms with van der Waals surface area (Å²) in [5, 5.41) is 1.70. The van der Waals surface area contributed by atoms with E-state index in [-0.39, 0.29) is 11.7 Å². The smallest absolute Gasteiger partial charge is 0.274 e. The Kier molecular flexibility index (Phi) is 5.85. The van der Waals surface area contributed by atoms with Crippen LogP contribution < -0.4 is 4.74 Å². The molecule has 1 N–H and O–H groups in total. The number of hydrogen-bond donors (Lipinski definition) is 1. The molecule has 8 heteroatoms. The number of methoxy groups -OCH3 is 1. The maximum atomic E-state index is 14.1. The lowest BCUT2D eigenvalue weighted by atomic mass is 10.1. The Morgan fingerprint density at radius 1 is 1.30 bits per heavy atom. The molecule has 1 aliphatic carbocycles. The Balaban J connectivity index is 1.41. The van der Waals surface area contributed by atoms with Gasteiger partial charge in [-0.2, -0.15) is 0 Å². The summed E-state index contributed by atoms with van der Waals surface area (Å²) in [4.78, 5) is 28.3. The predicted octanol–water partition coefficient (Wildman–Crippen LogP) is 5.24. The maximum Gasteiger partial charge on any atom is 0.274 e. The summed E-state index contributed by atoms with van der Waals surface area (Å²) in [5.74, 6) is 0.738. The van der Waals surface area contributed by atoms with Crippen LogP contribution >= 0.6 is 11.3 Å². The van der Waals surface area contributed by atoms with Crippen LogP contribution in [0.1, 0.15) is 33.9 Å². The van der Waals surface area contributed by atoms with Gasteiger partial charge in [-0.25, -0.2) is 14.4 Å². The maximum absolute atomic E-state index is 14.1. The topological polar surface area (TPSA) is 71.1 Å². The number of ether oxygens (including phenoxy) is 1. The minimum Gasteiger partial charge on any atom is -0.481 e. The van der Waals surface area contributed by atoms with Crippen LogP contribution in [0.25, 0.3) is 21.3 Å². The van der Waals surface area contributed by atoms with E-state index in [9.17, 15) is 9.18 Å². The van der Waals surface area contributed by atoms with Gasteiger partial charge in [0, 0.05) is 42.5 Å². The predicted molar refractivity (Wildman–Crippen MR) is 127 cm³/mol. The number of aryl methyl sites for hydroxylation is 1. The van der Waals surface area contributed by atoms with Crippen LogP contribution in [0.3, 0.4) is 0 Å². The molecule has 1 aliphatic rings. The summed E-state index contributed by atoms with van der Waals surface area (Å²) in [7, 11) is 1.58. The molecule has 0 bridgehead atoms. The van der Waals surface area contributed by atoms with Crippen LogP contribution in [0.5, 0.6) is 5.88 Å². The fraction of sp³-hybridized carbons (Fsp3) is 0.320. The van der Waals surface area contributed by atoms with Gasteiger partial charge in [0.2, 0.25) is 5.88 Å². The van der Waals surface area contributed by atoms with Crippen molar-refractivity contribution in [1.29, 1.82) is 0 Å². The van der Waals surface area contributed by atoms with Crippen LogP contribution in [0, 0.1) is 18.7 Å². The zero-order valence-electron chi connectivity index (χ0n) is 18.6. The highest BCUT2D eigenvalue weighted by molar-refractivity contribution is 7.15. The average molecular weight is 465 g/mol. The van der Waals surface area contributed by atoms with E-state index in [1.165, 1.54) is 17.4 Å². The molecular weight excluding hydrogens is 439 g/mol. The van der Waals surface area contributed by atoms with Gasteiger partial charge >= 0.3 is 0 Å². The van der Waals surface area contributed by atoms with E-state index >= 15 is 0 Å². The number of hydrogen-bond acceptors (Lipinski definition) is 5. The minimum atomic E-state index is -0.264. The fourth-order valence-electron chi connectivity index (χ4n) is 4.08. The molecule has 3 aromatic heterocycles. The first-order valence-electron chi connectivity index (χ1n) is 11.0. The van der Waals surface area contributed by atoms with Gasteiger partial charge in [-0.05, 0) is 49.8 Å². The lowest BCUT2D eigenvalue weighted by molar-refractivity contribution is 0.0745. The van der Waals surface area contributed by atoms with E-state index in [1.807, 2.05) is 30.2 Å². The molecule has 0 saturated heterocycles. The van der Waals surface area contributed by atoms with Crippen molar-refractivity contribution in [1.82, 2.24) is 19.9 Å². The summed E-state index contributed by atoms with van der Waals surface area (Å²) in [5.41, 5.74) is 2.84. The van der Waals surface area contributed by atoms with Crippen LogP contribution in [0.2, 0.25) is 0 Å². The Hall–Kier alpha value is -3.26. The van der Waals surface area contributed by atoms with E-state index in [1.54, 1.807) is 25.4 Å². The number of benzene rings is 1. The number of nitrogens with zero attached hydrogens (tertiary/aromatic N) is 3. The molecule has 0 radical (unpaired) electrons. The van der Waals surface area contributed by atoms with E-state index < -0.39 is 0 Å². The number of amides is 1. The second-order valence-electron chi connectivity index (χ2n) is 8.42. The molecule has 1 amide bonds. The van der Waals surface area contributed by atoms with Gasteiger partial charge < -0.3 is 14.6 Å². The van der Waals surface area contributed by atoms with Crippen LogP contribution in [0.15, 0.2) is 42.7 Å². The third kappa shape index (κ3) is 4.48. The second kappa shape index (κ2) is 8.94. The zero-order chi connectivity index (χ0) is 22.9. The summed E-state index contributed by atoms with van der Waals surface area (Å²) in [6, 6.07) is 8.77. The minimum absolute atomic E-state index is 0.0666. The summed E-state index contributed by atoms with van der Waals surface area (Å²) < 4.78 is 19.2. The van der Waals surface area contributed by atoms with Gasteiger partial charge in [0.15, 0.2) is 0 Å². The third-order valence-electron chi connectivity index (χ3n) is 6.01. The average Bonchev–Trinajstić information content (AvgIpc) is 3.41. The molecule has 1 saturated carbocycles. The van der Waals surface area contributed by atoms with Crippen molar-refractivity contribution in [3.63, 3.8) is 0 Å². The number of thiazole rings is 1. The first-order chi connectivity index (χ1) is 16.0. The van der Waals surface area contributed by atoms with E-state index in [0.717, 1.165) is 39.2 Å². The number of halogens is 1. The van der Waals surface area contributed by atoms with Gasteiger partial charge in [0.25, 0.3) is 5.91 Å². The number of rotatable bonds is 8. The van der Waals surface area contributed by atoms with Gasteiger partial charge in [0.05, 0.1) is 22.5 Å². The molecule has 6 nitrogen and oxygen atoms in total. The molecule has 1 fully saturated rings. The first kappa shape index (κ1) is 21.6. The summed E-state index contributed by atoms with van der Waals surface area (Å²) in [6.45, 7) is 3.18. The number of carbonyl (C=O) groups is 1. The molecule has 0 aliphatic heterocycles. The molecule has 3 heterocycles. The standard InChI is InChI=1S/C25H25FN4O2S/c1-15-29-23(24(33-15)18-8-9-21(32-2)27-13-18)25(31)30(14-16-6-7-16)11-10-17-12-28-22-19(17)4-3-5-20(22)26/h3-5,8-9,12-13,16,28H,6-7,10-11,14H2,1-2H3. The van der Waals surface area contributed by atoms with Crippen molar-refractivity contribution in [2.24, 2.45) is 5.92 Å². The molecule has 0 unspecified atom stereocenters. The fourth-order valence-corrected chi connectivity index (χ4v) is 4.98. The van der Waals surface area contributed by atoms with Crippen molar-refractivity contribution in [3.8, 4) is 16.3 Å². The van der Waals surface area contributed by atoms with Crippen LogP contribution in [-0.4, -0.2) is 46.0 Å². The summed E-state index contributed by atoms with van der Waals surface area (Å²) >= 11 is 1.49. The highest BCUT2D eigenvalue weighted by atomic mass is 32.1. The Morgan fingerprint density at radius 3 is 2.88 bits per heavy atom. The molecule has 0 spiro atoms. The van der Waals surface area contributed by atoms with Gasteiger partial charge in [0.1, 0.15) is 11.5 Å². The van der Waals surface area contributed by atoms with Crippen molar-refractivity contribution in [2.45, 2.75) is 26.2 Å². The highest BCUT2D eigenvalue weighted by Gasteiger charge is 2.30. The van der Waals surface area contributed by atoms with E-state index in [0.29, 0.717) is 42.5 Å². The van der Waals surface area contributed by atoms with Gasteiger partial charge in [-0.15, -0.1) is 11.3 Å². The molecule has 1 aromatic carbocycles. The van der Waals surface area contributed by atoms with Crippen molar-refractivity contribution >= 4 is 28.1 Å². The number of pyridine rings is 1.